The SMILES string of the molecule is CCOC(=O)C(C)N(C)C(C)C. The maximum absolute atomic E-state index is 11.2. The minimum atomic E-state index is -0.148. The van der Waals surface area contributed by atoms with Gasteiger partial charge < -0.3 is 4.74 Å². The second-order valence-electron chi connectivity index (χ2n) is 3.19. The Morgan fingerprint density at radius 1 is 1.42 bits per heavy atom. The van der Waals surface area contributed by atoms with Gasteiger partial charge in [0.25, 0.3) is 0 Å². The molecule has 0 aliphatic heterocycles. The molecule has 3 heteroatoms. The fourth-order valence-electron chi connectivity index (χ4n) is 0.876. The molecule has 0 aromatic carbocycles. The summed E-state index contributed by atoms with van der Waals surface area (Å²) in [5, 5.41) is 0. The average molecular weight is 173 g/mol. The predicted octanol–water partition coefficient (Wildman–Crippen LogP) is 1.28. The lowest BCUT2D eigenvalue weighted by Crippen LogP contribution is -2.41. The third-order valence-electron chi connectivity index (χ3n) is 2.05. The van der Waals surface area contributed by atoms with Crippen molar-refractivity contribution in [3.05, 3.63) is 0 Å². The van der Waals surface area contributed by atoms with E-state index < -0.39 is 0 Å². The van der Waals surface area contributed by atoms with Crippen molar-refractivity contribution in [2.45, 2.75) is 39.8 Å². The summed E-state index contributed by atoms with van der Waals surface area (Å²) in [7, 11) is 1.92. The van der Waals surface area contributed by atoms with E-state index in [1.54, 1.807) is 0 Å². The standard InChI is InChI=1S/C9H19NO2/c1-6-12-9(11)8(4)10(5)7(2)3/h7-8H,6H2,1-5H3. The van der Waals surface area contributed by atoms with Crippen LogP contribution >= 0.6 is 0 Å². The highest BCUT2D eigenvalue weighted by molar-refractivity contribution is 5.75. The Hall–Kier alpha value is -0.570. The zero-order chi connectivity index (χ0) is 9.72. The van der Waals surface area contributed by atoms with Crippen LogP contribution in [0.3, 0.4) is 0 Å². The van der Waals surface area contributed by atoms with Gasteiger partial charge in [-0.2, -0.15) is 0 Å². The van der Waals surface area contributed by atoms with Crippen molar-refractivity contribution in [1.29, 1.82) is 0 Å². The first-order chi connectivity index (χ1) is 5.50. The molecule has 0 N–H and O–H groups in total. The van der Waals surface area contributed by atoms with Crippen molar-refractivity contribution >= 4 is 5.97 Å². The molecule has 1 atom stereocenters. The summed E-state index contributed by atoms with van der Waals surface area (Å²) in [6.07, 6.45) is 0. The molecule has 3 nitrogen and oxygen atoms in total. The van der Waals surface area contributed by atoms with Crippen LogP contribution in [-0.4, -0.2) is 36.6 Å². The highest BCUT2D eigenvalue weighted by atomic mass is 16.5. The smallest absolute Gasteiger partial charge is 0.323 e. The normalized spacial score (nSPS) is 13.6. The number of likely N-dealkylation sites (N-methyl/N-ethyl adjacent to an activating group) is 1. The highest BCUT2D eigenvalue weighted by Gasteiger charge is 2.20. The largest absolute Gasteiger partial charge is 0.465 e. The van der Waals surface area contributed by atoms with Crippen LogP contribution < -0.4 is 0 Å². The average Bonchev–Trinajstić information content (AvgIpc) is 2.02. The van der Waals surface area contributed by atoms with Crippen molar-refractivity contribution in [3.63, 3.8) is 0 Å². The third kappa shape index (κ3) is 3.22. The summed E-state index contributed by atoms with van der Waals surface area (Å²) in [5.41, 5.74) is 0. The van der Waals surface area contributed by atoms with Crippen LogP contribution in [0, 0.1) is 0 Å². The summed E-state index contributed by atoms with van der Waals surface area (Å²) in [4.78, 5) is 13.2. The van der Waals surface area contributed by atoms with Crippen LogP contribution in [0.4, 0.5) is 0 Å². The number of carbonyl (C=O) groups is 1. The van der Waals surface area contributed by atoms with Gasteiger partial charge in [-0.25, -0.2) is 0 Å². The monoisotopic (exact) mass is 173 g/mol. The van der Waals surface area contributed by atoms with Gasteiger partial charge in [-0.3, -0.25) is 9.69 Å². The first-order valence-corrected chi connectivity index (χ1v) is 4.39. The number of rotatable bonds is 4. The van der Waals surface area contributed by atoms with Crippen molar-refractivity contribution < 1.29 is 9.53 Å². The molecule has 0 heterocycles. The Balaban J connectivity index is 4.00. The molecule has 0 saturated heterocycles. The Morgan fingerprint density at radius 2 is 1.92 bits per heavy atom. The predicted molar refractivity (Wildman–Crippen MR) is 49.0 cm³/mol. The van der Waals surface area contributed by atoms with Gasteiger partial charge in [-0.1, -0.05) is 0 Å². The summed E-state index contributed by atoms with van der Waals surface area (Å²) in [6.45, 7) is 8.23. The maximum Gasteiger partial charge on any atom is 0.323 e. The molecule has 0 saturated carbocycles. The number of nitrogens with zero attached hydrogens (tertiary/aromatic N) is 1. The Labute approximate surface area is 74.7 Å². The van der Waals surface area contributed by atoms with Gasteiger partial charge in [0.2, 0.25) is 0 Å². The van der Waals surface area contributed by atoms with Crippen molar-refractivity contribution in [1.82, 2.24) is 4.90 Å². The molecule has 0 bridgehead atoms. The summed E-state index contributed by atoms with van der Waals surface area (Å²) >= 11 is 0. The Morgan fingerprint density at radius 3 is 2.25 bits per heavy atom. The lowest BCUT2D eigenvalue weighted by Gasteiger charge is -2.26. The maximum atomic E-state index is 11.2. The van der Waals surface area contributed by atoms with Crippen LogP contribution in [0.15, 0.2) is 0 Å². The highest BCUT2D eigenvalue weighted by Crippen LogP contribution is 2.03. The van der Waals surface area contributed by atoms with Crippen LogP contribution in [0.2, 0.25) is 0 Å². The lowest BCUT2D eigenvalue weighted by molar-refractivity contribution is -0.148. The third-order valence-corrected chi connectivity index (χ3v) is 2.05. The Bertz CT molecular complexity index is 145. The van der Waals surface area contributed by atoms with Crippen molar-refractivity contribution in [2.75, 3.05) is 13.7 Å². The van der Waals surface area contributed by atoms with Gasteiger partial charge in [-0.15, -0.1) is 0 Å². The van der Waals surface area contributed by atoms with Crippen LogP contribution in [-0.2, 0) is 9.53 Å². The van der Waals surface area contributed by atoms with Crippen molar-refractivity contribution in [3.8, 4) is 0 Å². The molecule has 0 radical (unpaired) electrons. The van der Waals surface area contributed by atoms with E-state index in [4.69, 9.17) is 4.74 Å². The summed E-state index contributed by atoms with van der Waals surface area (Å²) in [5.74, 6) is -0.145. The summed E-state index contributed by atoms with van der Waals surface area (Å²) in [6, 6.07) is 0.217. The molecule has 0 aliphatic carbocycles. The first kappa shape index (κ1) is 11.4. The van der Waals surface area contributed by atoms with Gasteiger partial charge in [-0.05, 0) is 34.7 Å². The topological polar surface area (TPSA) is 29.5 Å². The zero-order valence-electron chi connectivity index (χ0n) is 8.63. The molecule has 0 amide bonds. The molecule has 0 aromatic heterocycles. The van der Waals surface area contributed by atoms with E-state index in [1.807, 2.05) is 25.8 Å². The van der Waals surface area contributed by atoms with Gasteiger partial charge >= 0.3 is 5.97 Å². The quantitative estimate of drug-likeness (QED) is 0.600. The molecule has 0 spiro atoms. The molecule has 0 aliphatic rings. The number of hydrogen-bond acceptors (Lipinski definition) is 3. The number of ether oxygens (including phenoxy) is 1. The van der Waals surface area contributed by atoms with Gasteiger partial charge in [0.05, 0.1) is 6.61 Å². The molecular weight excluding hydrogens is 154 g/mol. The molecule has 0 rings (SSSR count). The van der Waals surface area contributed by atoms with Crippen LogP contribution in [0.1, 0.15) is 27.7 Å². The van der Waals surface area contributed by atoms with Crippen molar-refractivity contribution in [2.24, 2.45) is 0 Å². The number of esters is 1. The minimum absolute atomic E-state index is 0.145. The van der Waals surface area contributed by atoms with E-state index in [1.165, 1.54) is 0 Å². The van der Waals surface area contributed by atoms with Gasteiger partial charge in [0.1, 0.15) is 6.04 Å². The second-order valence-corrected chi connectivity index (χ2v) is 3.19. The molecule has 12 heavy (non-hydrogen) atoms. The molecule has 0 aromatic rings. The van der Waals surface area contributed by atoms with E-state index >= 15 is 0 Å². The number of hydrogen-bond donors (Lipinski definition) is 0. The van der Waals surface area contributed by atoms with E-state index in [0.29, 0.717) is 12.6 Å². The van der Waals surface area contributed by atoms with Gasteiger partial charge in [0.15, 0.2) is 0 Å². The van der Waals surface area contributed by atoms with E-state index in [0.717, 1.165) is 0 Å². The fourth-order valence-corrected chi connectivity index (χ4v) is 0.876. The summed E-state index contributed by atoms with van der Waals surface area (Å²) < 4.78 is 4.89. The number of carbonyl (C=O) groups excluding carboxylic acids is 1. The van der Waals surface area contributed by atoms with Crippen LogP contribution in [0.25, 0.3) is 0 Å². The van der Waals surface area contributed by atoms with E-state index in [-0.39, 0.29) is 12.0 Å². The van der Waals surface area contributed by atoms with E-state index in [2.05, 4.69) is 13.8 Å². The Kier molecular flexibility index (Phi) is 4.90. The zero-order valence-corrected chi connectivity index (χ0v) is 8.63. The fraction of sp³-hybridized carbons (Fsp3) is 0.889. The van der Waals surface area contributed by atoms with Crippen LogP contribution in [0.5, 0.6) is 0 Å². The molecule has 0 fully saturated rings. The molecular formula is C9H19NO2. The van der Waals surface area contributed by atoms with E-state index in [9.17, 15) is 4.79 Å². The minimum Gasteiger partial charge on any atom is -0.465 e. The molecule has 72 valence electrons. The first-order valence-electron chi connectivity index (χ1n) is 4.39. The van der Waals surface area contributed by atoms with Gasteiger partial charge in [0, 0.05) is 6.04 Å². The second kappa shape index (κ2) is 5.14. The molecule has 1 unspecified atom stereocenters. The lowest BCUT2D eigenvalue weighted by atomic mass is 10.2.